The fourth-order valence-electron chi connectivity index (χ4n) is 1.34. The van der Waals surface area contributed by atoms with Crippen molar-refractivity contribution in [1.29, 1.82) is 0 Å². The number of hydrogen-bond acceptors (Lipinski definition) is 3. The van der Waals surface area contributed by atoms with E-state index in [1.54, 1.807) is 12.3 Å². The van der Waals surface area contributed by atoms with Crippen LogP contribution in [0, 0.1) is 0 Å². The molecule has 1 aromatic heterocycles. The first-order valence-electron chi connectivity index (χ1n) is 4.74. The maximum atomic E-state index is 11.4. The van der Waals surface area contributed by atoms with Gasteiger partial charge in [-0.25, -0.2) is 4.98 Å². The second-order valence-corrected chi connectivity index (χ2v) is 4.08. The van der Waals surface area contributed by atoms with Gasteiger partial charge in [-0.2, -0.15) is 0 Å². The normalized spacial score (nSPS) is 11.4. The highest BCUT2D eigenvalue weighted by Crippen LogP contribution is 2.18. The van der Waals surface area contributed by atoms with E-state index in [0.29, 0.717) is 5.57 Å². The van der Waals surface area contributed by atoms with E-state index in [4.69, 9.17) is 5.73 Å². The molecule has 4 heteroatoms. The third-order valence-corrected chi connectivity index (χ3v) is 2.79. The number of amides is 1. The third kappa shape index (κ3) is 2.35. The largest absolute Gasteiger partial charge is 0.366 e. The molecule has 1 amide bonds. The van der Waals surface area contributed by atoms with Crippen molar-refractivity contribution >= 4 is 28.9 Å². The average molecular weight is 230 g/mol. The van der Waals surface area contributed by atoms with Crippen molar-refractivity contribution in [1.82, 2.24) is 4.98 Å². The number of nitrogens with two attached hydrogens (primary N) is 1. The Bertz CT molecular complexity index is 503. The first-order chi connectivity index (χ1) is 7.77. The first kappa shape index (κ1) is 10.6. The molecule has 2 rings (SSSR count). The van der Waals surface area contributed by atoms with E-state index in [1.807, 2.05) is 35.7 Å². The van der Waals surface area contributed by atoms with Gasteiger partial charge in [-0.1, -0.05) is 30.3 Å². The third-order valence-electron chi connectivity index (χ3n) is 2.07. The lowest BCUT2D eigenvalue weighted by molar-refractivity contribution is -0.112. The first-order valence-corrected chi connectivity index (χ1v) is 5.62. The molecule has 0 aliphatic carbocycles. The summed E-state index contributed by atoms with van der Waals surface area (Å²) in [6.07, 6.45) is 3.41. The van der Waals surface area contributed by atoms with Gasteiger partial charge in [0.1, 0.15) is 5.01 Å². The molecule has 2 N–H and O–H groups in total. The zero-order valence-corrected chi connectivity index (χ0v) is 9.28. The number of carbonyl (C=O) groups excluding carboxylic acids is 1. The van der Waals surface area contributed by atoms with E-state index in [9.17, 15) is 4.79 Å². The van der Waals surface area contributed by atoms with Crippen LogP contribution in [0.3, 0.4) is 0 Å². The van der Waals surface area contributed by atoms with Gasteiger partial charge in [0.15, 0.2) is 0 Å². The van der Waals surface area contributed by atoms with E-state index in [2.05, 4.69) is 4.98 Å². The summed E-state index contributed by atoms with van der Waals surface area (Å²) in [5.41, 5.74) is 6.65. The van der Waals surface area contributed by atoms with Crippen molar-refractivity contribution in [2.75, 3.05) is 0 Å². The average Bonchev–Trinajstić information content (AvgIpc) is 2.79. The van der Waals surface area contributed by atoms with Crippen molar-refractivity contribution in [3.8, 4) is 0 Å². The minimum atomic E-state index is -0.443. The topological polar surface area (TPSA) is 56.0 Å². The number of hydrogen-bond donors (Lipinski definition) is 1. The number of benzene rings is 1. The molecule has 0 saturated heterocycles. The van der Waals surface area contributed by atoms with Crippen molar-refractivity contribution in [3.05, 3.63) is 52.5 Å². The molecule has 2 aromatic rings. The molecule has 3 nitrogen and oxygen atoms in total. The molecular weight excluding hydrogens is 220 g/mol. The van der Waals surface area contributed by atoms with Crippen LogP contribution in [-0.4, -0.2) is 10.9 Å². The van der Waals surface area contributed by atoms with Crippen LogP contribution in [0.5, 0.6) is 0 Å². The SMILES string of the molecule is NC(=O)/C(=C\c1nccs1)c1ccccc1. The standard InChI is InChI=1S/C12H10N2OS/c13-12(15)10(8-11-14-6-7-16-11)9-4-2-1-3-5-9/h1-8H,(H2,13,15)/b10-8-. The van der Waals surface area contributed by atoms with Crippen LogP contribution < -0.4 is 5.73 Å². The Morgan fingerprint density at radius 3 is 2.62 bits per heavy atom. The van der Waals surface area contributed by atoms with Crippen molar-refractivity contribution in [2.45, 2.75) is 0 Å². The maximum Gasteiger partial charge on any atom is 0.249 e. The molecule has 0 saturated carbocycles. The summed E-state index contributed by atoms with van der Waals surface area (Å²) >= 11 is 1.47. The van der Waals surface area contributed by atoms with Gasteiger partial charge < -0.3 is 5.73 Å². The van der Waals surface area contributed by atoms with Crippen LogP contribution in [0.1, 0.15) is 10.6 Å². The van der Waals surface area contributed by atoms with Gasteiger partial charge >= 0.3 is 0 Å². The Kier molecular flexibility index (Phi) is 3.12. The molecule has 16 heavy (non-hydrogen) atoms. The number of nitrogens with zero attached hydrogens (tertiary/aromatic N) is 1. The smallest absolute Gasteiger partial charge is 0.249 e. The van der Waals surface area contributed by atoms with Crippen LogP contribution in [0.25, 0.3) is 11.6 Å². The highest BCUT2D eigenvalue weighted by atomic mass is 32.1. The molecule has 0 aliphatic heterocycles. The molecule has 0 unspecified atom stereocenters. The quantitative estimate of drug-likeness (QED) is 0.821. The maximum absolute atomic E-state index is 11.4. The summed E-state index contributed by atoms with van der Waals surface area (Å²) in [5, 5.41) is 2.63. The molecule has 0 fully saturated rings. The van der Waals surface area contributed by atoms with E-state index in [-0.39, 0.29) is 0 Å². The van der Waals surface area contributed by atoms with Gasteiger partial charge in [-0.05, 0) is 11.6 Å². The van der Waals surface area contributed by atoms with E-state index in [0.717, 1.165) is 10.6 Å². The zero-order valence-electron chi connectivity index (χ0n) is 8.46. The lowest BCUT2D eigenvalue weighted by atomic mass is 10.1. The Labute approximate surface area is 97.3 Å². The second-order valence-electron chi connectivity index (χ2n) is 3.16. The van der Waals surface area contributed by atoms with Gasteiger partial charge in [0.25, 0.3) is 0 Å². The van der Waals surface area contributed by atoms with Crippen LogP contribution in [0.2, 0.25) is 0 Å². The van der Waals surface area contributed by atoms with E-state index >= 15 is 0 Å². The molecule has 80 valence electrons. The molecule has 1 aromatic carbocycles. The van der Waals surface area contributed by atoms with Crippen LogP contribution in [0.4, 0.5) is 0 Å². The predicted molar refractivity (Wildman–Crippen MR) is 65.6 cm³/mol. The van der Waals surface area contributed by atoms with Gasteiger partial charge in [0.05, 0.1) is 0 Å². The molecule has 0 atom stereocenters. The van der Waals surface area contributed by atoms with Crippen molar-refractivity contribution in [3.63, 3.8) is 0 Å². The predicted octanol–water partition coefficient (Wildman–Crippen LogP) is 2.17. The molecule has 0 spiro atoms. The summed E-state index contributed by atoms with van der Waals surface area (Å²) in [7, 11) is 0. The summed E-state index contributed by atoms with van der Waals surface area (Å²) < 4.78 is 0. The van der Waals surface area contributed by atoms with Crippen LogP contribution in [0.15, 0.2) is 41.9 Å². The highest BCUT2D eigenvalue weighted by molar-refractivity contribution is 7.10. The Morgan fingerprint density at radius 2 is 2.06 bits per heavy atom. The molecule has 0 aliphatic rings. The lowest BCUT2D eigenvalue weighted by Crippen LogP contribution is -2.12. The van der Waals surface area contributed by atoms with Crippen molar-refractivity contribution < 1.29 is 4.79 Å². The fourth-order valence-corrected chi connectivity index (χ4v) is 1.91. The van der Waals surface area contributed by atoms with Gasteiger partial charge in [-0.15, -0.1) is 11.3 Å². The number of rotatable bonds is 3. The Balaban J connectivity index is 2.43. The fraction of sp³-hybridized carbons (Fsp3) is 0. The zero-order chi connectivity index (χ0) is 11.4. The van der Waals surface area contributed by atoms with Crippen LogP contribution in [-0.2, 0) is 4.79 Å². The van der Waals surface area contributed by atoms with E-state index in [1.165, 1.54) is 11.3 Å². The summed E-state index contributed by atoms with van der Waals surface area (Å²) in [6, 6.07) is 9.34. The monoisotopic (exact) mass is 230 g/mol. The minimum Gasteiger partial charge on any atom is -0.366 e. The second kappa shape index (κ2) is 4.72. The summed E-state index contributed by atoms with van der Waals surface area (Å²) in [4.78, 5) is 15.5. The Hall–Kier alpha value is -1.94. The van der Waals surface area contributed by atoms with Crippen molar-refractivity contribution in [2.24, 2.45) is 5.73 Å². The van der Waals surface area contributed by atoms with Crippen LogP contribution >= 0.6 is 11.3 Å². The highest BCUT2D eigenvalue weighted by Gasteiger charge is 2.08. The molecule has 1 heterocycles. The summed E-state index contributed by atoms with van der Waals surface area (Å²) in [5.74, 6) is -0.443. The Morgan fingerprint density at radius 1 is 1.31 bits per heavy atom. The van der Waals surface area contributed by atoms with Gasteiger partial charge in [-0.3, -0.25) is 4.79 Å². The summed E-state index contributed by atoms with van der Waals surface area (Å²) in [6.45, 7) is 0. The number of thiazole rings is 1. The molecule has 0 radical (unpaired) electrons. The number of primary amides is 1. The number of carbonyl (C=O) groups is 1. The van der Waals surface area contributed by atoms with Gasteiger partial charge in [0, 0.05) is 17.2 Å². The molecule has 0 bridgehead atoms. The molecular formula is C12H10N2OS. The minimum absolute atomic E-state index is 0.443. The lowest BCUT2D eigenvalue weighted by Gasteiger charge is -2.01. The number of aromatic nitrogens is 1. The van der Waals surface area contributed by atoms with E-state index < -0.39 is 5.91 Å². The van der Waals surface area contributed by atoms with Gasteiger partial charge in [0.2, 0.25) is 5.91 Å².